The Balaban J connectivity index is 1.90. The Morgan fingerprint density at radius 1 is 1.21 bits per heavy atom. The number of hydrogen-bond donors (Lipinski definition) is 1. The molecule has 1 heterocycles. The molecule has 1 amide bonds. The van der Waals surface area contributed by atoms with Crippen LogP contribution in [0.3, 0.4) is 0 Å². The minimum atomic E-state index is -0.776. The molecule has 0 radical (unpaired) electrons. The quantitative estimate of drug-likeness (QED) is 0.687. The second-order valence-electron chi connectivity index (χ2n) is 6.07. The third kappa shape index (κ3) is 4.27. The Kier molecular flexibility index (Phi) is 5.93. The lowest BCUT2D eigenvalue weighted by atomic mass is 10.2. The van der Waals surface area contributed by atoms with Crippen LogP contribution in [0.15, 0.2) is 47.3 Å². The smallest absolute Gasteiger partial charge is 0.280 e. The molecule has 0 atom stereocenters. The molecule has 0 aliphatic heterocycles. The van der Waals surface area contributed by atoms with Gasteiger partial charge in [0, 0.05) is 24.2 Å². The molecular weight excluding hydrogens is 404 g/mol. The van der Waals surface area contributed by atoms with Crippen LogP contribution in [-0.2, 0) is 6.61 Å². The highest BCUT2D eigenvalue weighted by molar-refractivity contribution is 6.31. The summed E-state index contributed by atoms with van der Waals surface area (Å²) in [6.07, 6.45) is 0. The molecular formula is C20H16ClF2N3O3. The molecule has 0 spiro atoms. The van der Waals surface area contributed by atoms with Gasteiger partial charge in [0.25, 0.3) is 11.5 Å². The second kappa shape index (κ2) is 8.40. The molecule has 6 nitrogen and oxygen atoms in total. The first-order chi connectivity index (χ1) is 13.8. The van der Waals surface area contributed by atoms with Gasteiger partial charge in [0.2, 0.25) is 5.88 Å². The number of aryl methyl sites for hydroxylation is 1. The first-order valence-corrected chi connectivity index (χ1v) is 8.88. The highest BCUT2D eigenvalue weighted by Gasteiger charge is 2.17. The molecule has 0 fully saturated rings. The number of nitrogens with zero attached hydrogens (tertiary/aromatic N) is 2. The van der Waals surface area contributed by atoms with Crippen LogP contribution in [0.5, 0.6) is 5.88 Å². The standard InChI is InChI=1S/C20H16ClF2N3O3/c1-11-25-19(29-10-13-3-6-14(22)9-16(13)23)17(21)20(28)26(11)15-7-4-12(5-8-15)18(27)24-2/h3-9H,10H2,1-2H3,(H,24,27). The third-order valence-electron chi connectivity index (χ3n) is 4.16. The highest BCUT2D eigenvalue weighted by atomic mass is 35.5. The number of halogens is 3. The number of ether oxygens (including phenoxy) is 1. The predicted molar refractivity (Wildman–Crippen MR) is 104 cm³/mol. The van der Waals surface area contributed by atoms with E-state index in [0.29, 0.717) is 11.3 Å². The zero-order valence-electron chi connectivity index (χ0n) is 15.5. The van der Waals surface area contributed by atoms with Crippen LogP contribution in [0.25, 0.3) is 5.69 Å². The van der Waals surface area contributed by atoms with Crippen LogP contribution < -0.4 is 15.6 Å². The van der Waals surface area contributed by atoms with Crippen LogP contribution in [0.1, 0.15) is 21.7 Å². The van der Waals surface area contributed by atoms with E-state index < -0.39 is 17.2 Å². The van der Waals surface area contributed by atoms with Crippen LogP contribution in [0, 0.1) is 18.6 Å². The van der Waals surface area contributed by atoms with Crippen LogP contribution in [0.2, 0.25) is 5.02 Å². The monoisotopic (exact) mass is 419 g/mol. The molecule has 29 heavy (non-hydrogen) atoms. The maximum Gasteiger partial charge on any atom is 0.280 e. The molecule has 0 aliphatic rings. The van der Waals surface area contributed by atoms with Gasteiger partial charge in [-0.3, -0.25) is 14.2 Å². The van der Waals surface area contributed by atoms with Crippen LogP contribution in [-0.4, -0.2) is 22.5 Å². The van der Waals surface area contributed by atoms with Crippen molar-refractivity contribution in [3.8, 4) is 11.6 Å². The number of nitrogens with one attached hydrogen (secondary N) is 1. The van der Waals surface area contributed by atoms with Crippen molar-refractivity contribution in [2.24, 2.45) is 0 Å². The van der Waals surface area contributed by atoms with Crippen LogP contribution in [0.4, 0.5) is 8.78 Å². The zero-order valence-corrected chi connectivity index (χ0v) is 16.3. The Morgan fingerprint density at radius 3 is 2.52 bits per heavy atom. The maximum atomic E-state index is 13.7. The molecule has 0 unspecified atom stereocenters. The first-order valence-electron chi connectivity index (χ1n) is 8.50. The second-order valence-corrected chi connectivity index (χ2v) is 6.45. The molecule has 0 saturated carbocycles. The van der Waals surface area contributed by atoms with Gasteiger partial charge in [-0.1, -0.05) is 11.6 Å². The summed E-state index contributed by atoms with van der Waals surface area (Å²) >= 11 is 6.12. The van der Waals surface area contributed by atoms with E-state index in [1.807, 2.05) is 0 Å². The molecule has 1 N–H and O–H groups in total. The van der Waals surface area contributed by atoms with E-state index in [4.69, 9.17) is 16.3 Å². The maximum absolute atomic E-state index is 13.7. The molecule has 1 aromatic heterocycles. The van der Waals surface area contributed by atoms with Gasteiger partial charge in [-0.05, 0) is 43.3 Å². The molecule has 150 valence electrons. The van der Waals surface area contributed by atoms with E-state index in [0.717, 1.165) is 12.1 Å². The van der Waals surface area contributed by atoms with Crippen molar-refractivity contribution in [2.75, 3.05) is 7.05 Å². The summed E-state index contributed by atoms with van der Waals surface area (Å²) in [5, 5.41) is 2.23. The van der Waals surface area contributed by atoms with Gasteiger partial charge in [-0.15, -0.1) is 0 Å². The van der Waals surface area contributed by atoms with Crippen LogP contribution >= 0.6 is 11.6 Å². The van der Waals surface area contributed by atoms with Crippen molar-refractivity contribution in [1.29, 1.82) is 0 Å². The predicted octanol–water partition coefficient (Wildman–Crippen LogP) is 3.41. The summed E-state index contributed by atoms with van der Waals surface area (Å²) in [5.74, 6) is -1.61. The van der Waals surface area contributed by atoms with Gasteiger partial charge in [0.15, 0.2) is 5.02 Å². The Bertz CT molecular complexity index is 1130. The molecule has 0 bridgehead atoms. The number of amides is 1. The summed E-state index contributed by atoms with van der Waals surface area (Å²) in [6, 6.07) is 9.38. The molecule has 2 aromatic carbocycles. The van der Waals surface area contributed by atoms with E-state index in [1.165, 1.54) is 17.7 Å². The van der Waals surface area contributed by atoms with Gasteiger partial charge in [-0.25, -0.2) is 8.78 Å². The summed E-state index contributed by atoms with van der Waals surface area (Å²) in [7, 11) is 1.52. The zero-order chi connectivity index (χ0) is 21.1. The summed E-state index contributed by atoms with van der Waals surface area (Å²) in [4.78, 5) is 28.5. The van der Waals surface area contributed by atoms with Crippen molar-refractivity contribution in [3.05, 3.63) is 86.4 Å². The fraction of sp³-hybridized carbons (Fsp3) is 0.150. The minimum Gasteiger partial charge on any atom is -0.471 e. The minimum absolute atomic E-state index is 0.0934. The molecule has 0 aliphatic carbocycles. The largest absolute Gasteiger partial charge is 0.471 e. The molecule has 0 saturated heterocycles. The van der Waals surface area contributed by atoms with Gasteiger partial charge >= 0.3 is 0 Å². The molecule has 3 rings (SSSR count). The number of aromatic nitrogens is 2. The van der Waals surface area contributed by atoms with E-state index in [-0.39, 0.29) is 34.8 Å². The number of benzene rings is 2. The van der Waals surface area contributed by atoms with Gasteiger partial charge in [0.05, 0.1) is 5.69 Å². The van der Waals surface area contributed by atoms with Crippen molar-refractivity contribution in [1.82, 2.24) is 14.9 Å². The molecule has 3 aromatic rings. The Hall–Kier alpha value is -3.26. The third-order valence-corrected chi connectivity index (χ3v) is 4.48. The summed E-state index contributed by atoms with van der Waals surface area (Å²) in [5.41, 5.74) is 0.408. The first kappa shape index (κ1) is 20.5. The van der Waals surface area contributed by atoms with Gasteiger partial charge in [0.1, 0.15) is 24.1 Å². The van der Waals surface area contributed by atoms with Gasteiger partial charge < -0.3 is 10.1 Å². The van der Waals surface area contributed by atoms with E-state index >= 15 is 0 Å². The SMILES string of the molecule is CNC(=O)c1ccc(-n2c(C)nc(OCc3ccc(F)cc3F)c(Cl)c2=O)cc1. The fourth-order valence-electron chi connectivity index (χ4n) is 2.67. The van der Waals surface area contributed by atoms with E-state index in [9.17, 15) is 18.4 Å². The number of rotatable bonds is 5. The van der Waals surface area contributed by atoms with Crippen molar-refractivity contribution in [3.63, 3.8) is 0 Å². The topological polar surface area (TPSA) is 73.2 Å². The lowest BCUT2D eigenvalue weighted by Crippen LogP contribution is -2.24. The van der Waals surface area contributed by atoms with E-state index in [1.54, 1.807) is 31.2 Å². The van der Waals surface area contributed by atoms with Crippen molar-refractivity contribution >= 4 is 17.5 Å². The normalized spacial score (nSPS) is 10.7. The lowest BCUT2D eigenvalue weighted by molar-refractivity contribution is 0.0963. The Labute approximate surface area is 169 Å². The highest BCUT2D eigenvalue weighted by Crippen LogP contribution is 2.22. The number of carbonyl (C=O) groups excluding carboxylic acids is 1. The average molecular weight is 420 g/mol. The van der Waals surface area contributed by atoms with Crippen molar-refractivity contribution < 1.29 is 18.3 Å². The summed E-state index contributed by atoms with van der Waals surface area (Å²) in [6.45, 7) is 1.30. The van der Waals surface area contributed by atoms with Gasteiger partial charge in [-0.2, -0.15) is 4.98 Å². The number of hydrogen-bond acceptors (Lipinski definition) is 4. The average Bonchev–Trinajstić information content (AvgIpc) is 2.70. The summed E-state index contributed by atoms with van der Waals surface area (Å²) < 4.78 is 33.4. The van der Waals surface area contributed by atoms with Crippen molar-refractivity contribution in [2.45, 2.75) is 13.5 Å². The molecule has 9 heteroatoms. The lowest BCUT2D eigenvalue weighted by Gasteiger charge is -2.14. The fourth-order valence-corrected chi connectivity index (χ4v) is 2.85. The Morgan fingerprint density at radius 2 is 1.90 bits per heavy atom. The van der Waals surface area contributed by atoms with E-state index in [2.05, 4.69) is 10.3 Å². The number of carbonyl (C=O) groups is 1.